The minimum absolute atomic E-state index is 0.845. The van der Waals surface area contributed by atoms with Crippen molar-refractivity contribution in [3.8, 4) is 0 Å². The Morgan fingerprint density at radius 1 is 1.19 bits per heavy atom. The van der Waals surface area contributed by atoms with Gasteiger partial charge in [0.2, 0.25) is 0 Å². The van der Waals surface area contributed by atoms with E-state index in [0.29, 0.717) is 0 Å². The maximum Gasteiger partial charge on any atom is 0.0411 e. The largest absolute Gasteiger partial charge is 0.399 e. The lowest BCUT2D eigenvalue weighted by Gasteiger charge is -2.08. The SMILES string of the molecule is Cc1cc(NCc2cscc2C)ccc1N. The van der Waals surface area contributed by atoms with Gasteiger partial charge in [-0.15, -0.1) is 0 Å². The van der Waals surface area contributed by atoms with E-state index in [1.165, 1.54) is 11.1 Å². The van der Waals surface area contributed by atoms with Crippen LogP contribution in [0.5, 0.6) is 0 Å². The van der Waals surface area contributed by atoms with Crippen LogP contribution in [0.2, 0.25) is 0 Å². The molecule has 0 unspecified atom stereocenters. The van der Waals surface area contributed by atoms with Crippen LogP contribution in [0.25, 0.3) is 0 Å². The molecule has 0 saturated heterocycles. The molecule has 2 rings (SSSR count). The zero-order chi connectivity index (χ0) is 11.5. The normalized spacial score (nSPS) is 10.4. The van der Waals surface area contributed by atoms with Crippen LogP contribution < -0.4 is 11.1 Å². The molecule has 0 bridgehead atoms. The van der Waals surface area contributed by atoms with Gasteiger partial charge >= 0.3 is 0 Å². The molecule has 0 spiro atoms. The molecule has 0 radical (unpaired) electrons. The van der Waals surface area contributed by atoms with Crippen LogP contribution >= 0.6 is 11.3 Å². The summed E-state index contributed by atoms with van der Waals surface area (Å²) in [6.45, 7) is 5.04. The van der Waals surface area contributed by atoms with Crippen molar-refractivity contribution >= 4 is 22.7 Å². The number of hydrogen-bond acceptors (Lipinski definition) is 3. The summed E-state index contributed by atoms with van der Waals surface area (Å²) in [5, 5.41) is 7.77. The summed E-state index contributed by atoms with van der Waals surface area (Å²) in [5.74, 6) is 0. The number of thiophene rings is 1. The monoisotopic (exact) mass is 232 g/mol. The van der Waals surface area contributed by atoms with Gasteiger partial charge in [0.05, 0.1) is 0 Å². The van der Waals surface area contributed by atoms with E-state index in [4.69, 9.17) is 5.73 Å². The molecule has 1 heterocycles. The minimum Gasteiger partial charge on any atom is -0.399 e. The summed E-state index contributed by atoms with van der Waals surface area (Å²) in [4.78, 5) is 0. The Bertz CT molecular complexity index is 488. The van der Waals surface area contributed by atoms with Crippen molar-refractivity contribution in [2.24, 2.45) is 0 Å². The number of hydrogen-bond donors (Lipinski definition) is 2. The third-order valence-electron chi connectivity index (χ3n) is 2.71. The summed E-state index contributed by atoms with van der Waals surface area (Å²) in [5.41, 5.74) is 11.6. The summed E-state index contributed by atoms with van der Waals surface area (Å²) >= 11 is 1.75. The first kappa shape index (κ1) is 11.0. The average Bonchev–Trinajstić information content (AvgIpc) is 2.66. The molecule has 16 heavy (non-hydrogen) atoms. The molecule has 2 aromatic rings. The molecule has 0 fully saturated rings. The van der Waals surface area contributed by atoms with Crippen LogP contribution in [0, 0.1) is 13.8 Å². The molecule has 0 aliphatic rings. The van der Waals surface area contributed by atoms with Gasteiger partial charge in [0, 0.05) is 17.9 Å². The van der Waals surface area contributed by atoms with Crippen molar-refractivity contribution in [2.75, 3.05) is 11.1 Å². The highest BCUT2D eigenvalue weighted by Crippen LogP contribution is 2.19. The molecule has 0 aliphatic heterocycles. The fourth-order valence-electron chi connectivity index (χ4n) is 1.55. The zero-order valence-electron chi connectivity index (χ0n) is 9.58. The van der Waals surface area contributed by atoms with Gasteiger partial charge in [0.25, 0.3) is 0 Å². The van der Waals surface area contributed by atoms with Gasteiger partial charge in [0.15, 0.2) is 0 Å². The first-order valence-electron chi connectivity index (χ1n) is 5.28. The van der Waals surface area contributed by atoms with Gasteiger partial charge in [-0.3, -0.25) is 0 Å². The molecule has 0 amide bonds. The number of nitrogens with two attached hydrogens (primary N) is 1. The molecular weight excluding hydrogens is 216 g/mol. The highest BCUT2D eigenvalue weighted by Gasteiger charge is 2.00. The standard InChI is InChI=1S/C13H16N2S/c1-9-5-12(3-4-13(9)14)15-6-11-8-16-7-10(11)2/h3-5,7-8,15H,6,14H2,1-2H3. The first-order chi connectivity index (χ1) is 7.66. The second kappa shape index (κ2) is 4.58. The van der Waals surface area contributed by atoms with Crippen molar-refractivity contribution in [3.05, 3.63) is 45.6 Å². The van der Waals surface area contributed by atoms with E-state index in [1.54, 1.807) is 11.3 Å². The Morgan fingerprint density at radius 3 is 2.62 bits per heavy atom. The molecule has 3 heteroatoms. The topological polar surface area (TPSA) is 38.0 Å². The van der Waals surface area contributed by atoms with E-state index >= 15 is 0 Å². The number of aryl methyl sites for hydroxylation is 2. The number of benzene rings is 1. The summed E-state index contributed by atoms with van der Waals surface area (Å²) in [6, 6.07) is 6.04. The molecule has 84 valence electrons. The van der Waals surface area contributed by atoms with Gasteiger partial charge in [-0.25, -0.2) is 0 Å². The van der Waals surface area contributed by atoms with Crippen molar-refractivity contribution in [1.82, 2.24) is 0 Å². The van der Waals surface area contributed by atoms with Crippen LogP contribution in [-0.2, 0) is 6.54 Å². The molecule has 0 atom stereocenters. The molecule has 3 N–H and O–H groups in total. The van der Waals surface area contributed by atoms with E-state index in [1.807, 2.05) is 19.1 Å². The summed E-state index contributed by atoms with van der Waals surface area (Å²) in [6.07, 6.45) is 0. The molecule has 2 nitrogen and oxygen atoms in total. The average molecular weight is 232 g/mol. The Morgan fingerprint density at radius 2 is 2.00 bits per heavy atom. The van der Waals surface area contributed by atoms with Gasteiger partial charge < -0.3 is 11.1 Å². The van der Waals surface area contributed by atoms with Gasteiger partial charge in [-0.1, -0.05) is 0 Å². The fourth-order valence-corrected chi connectivity index (χ4v) is 2.41. The quantitative estimate of drug-likeness (QED) is 0.794. The third kappa shape index (κ3) is 2.36. The maximum absolute atomic E-state index is 5.78. The van der Waals surface area contributed by atoms with Crippen LogP contribution in [0.3, 0.4) is 0 Å². The molecule has 1 aromatic carbocycles. The lowest BCUT2D eigenvalue weighted by Crippen LogP contribution is -2.00. The minimum atomic E-state index is 0.845. The lowest BCUT2D eigenvalue weighted by atomic mass is 10.1. The fraction of sp³-hybridized carbons (Fsp3) is 0.231. The molecule has 0 aliphatic carbocycles. The Labute approximate surface area is 100 Å². The smallest absolute Gasteiger partial charge is 0.0411 e. The number of rotatable bonds is 3. The maximum atomic E-state index is 5.78. The van der Waals surface area contributed by atoms with Crippen LogP contribution in [0.15, 0.2) is 29.0 Å². The van der Waals surface area contributed by atoms with Gasteiger partial charge in [-0.2, -0.15) is 11.3 Å². The molecule has 1 aromatic heterocycles. The summed E-state index contributed by atoms with van der Waals surface area (Å²) < 4.78 is 0. The predicted octanol–water partition coefficient (Wildman–Crippen LogP) is 3.56. The van der Waals surface area contributed by atoms with E-state index < -0.39 is 0 Å². The van der Waals surface area contributed by atoms with E-state index in [0.717, 1.165) is 23.5 Å². The summed E-state index contributed by atoms with van der Waals surface area (Å²) in [7, 11) is 0. The highest BCUT2D eigenvalue weighted by atomic mass is 32.1. The van der Waals surface area contributed by atoms with Crippen molar-refractivity contribution in [2.45, 2.75) is 20.4 Å². The van der Waals surface area contributed by atoms with Crippen LogP contribution in [0.1, 0.15) is 16.7 Å². The van der Waals surface area contributed by atoms with Gasteiger partial charge in [-0.05, 0) is 59.5 Å². The first-order valence-corrected chi connectivity index (χ1v) is 6.23. The Kier molecular flexibility index (Phi) is 3.15. The second-order valence-electron chi connectivity index (χ2n) is 4.00. The highest BCUT2D eigenvalue weighted by molar-refractivity contribution is 7.08. The number of nitrogens with one attached hydrogen (secondary N) is 1. The van der Waals surface area contributed by atoms with Gasteiger partial charge in [0.1, 0.15) is 0 Å². The molecular formula is C13H16N2S. The Balaban J connectivity index is 2.05. The number of nitrogen functional groups attached to an aromatic ring is 1. The predicted molar refractivity (Wildman–Crippen MR) is 72.0 cm³/mol. The zero-order valence-corrected chi connectivity index (χ0v) is 10.4. The third-order valence-corrected chi connectivity index (χ3v) is 3.62. The van der Waals surface area contributed by atoms with Crippen LogP contribution in [0.4, 0.5) is 11.4 Å². The van der Waals surface area contributed by atoms with E-state index in [9.17, 15) is 0 Å². The van der Waals surface area contributed by atoms with Crippen molar-refractivity contribution < 1.29 is 0 Å². The molecule has 0 saturated carbocycles. The lowest BCUT2D eigenvalue weighted by molar-refractivity contribution is 1.14. The second-order valence-corrected chi connectivity index (χ2v) is 4.75. The van der Waals surface area contributed by atoms with Crippen LogP contribution in [-0.4, -0.2) is 0 Å². The van der Waals surface area contributed by atoms with Crippen molar-refractivity contribution in [3.63, 3.8) is 0 Å². The van der Waals surface area contributed by atoms with Crippen molar-refractivity contribution in [1.29, 1.82) is 0 Å². The van der Waals surface area contributed by atoms with E-state index in [-0.39, 0.29) is 0 Å². The van der Waals surface area contributed by atoms with E-state index in [2.05, 4.69) is 29.1 Å². The number of anilines is 2. The Hall–Kier alpha value is -1.48.